The second kappa shape index (κ2) is 2.86. The first-order valence-electron chi connectivity index (χ1n) is 3.44. The molecule has 3 nitrogen and oxygen atoms in total. The topological polar surface area (TPSA) is 43.4 Å². The molecule has 0 aromatic heterocycles. The molecule has 0 heterocycles. The van der Waals surface area contributed by atoms with E-state index in [4.69, 9.17) is 0 Å². The van der Waals surface area contributed by atoms with Crippen LogP contribution in [0.3, 0.4) is 0 Å². The van der Waals surface area contributed by atoms with Crippen LogP contribution in [0.1, 0.15) is 13.3 Å². The van der Waals surface area contributed by atoms with Crippen molar-refractivity contribution in [2.24, 2.45) is 5.92 Å². The molecule has 0 unspecified atom stereocenters. The van der Waals surface area contributed by atoms with Gasteiger partial charge in [0.1, 0.15) is 0 Å². The molecule has 1 aliphatic rings. The average molecular weight is 154 g/mol. The maximum atomic E-state index is 11.0. The van der Waals surface area contributed by atoms with Gasteiger partial charge in [-0.1, -0.05) is 5.57 Å². The predicted octanol–water partition coefficient (Wildman–Crippen LogP) is 0.695. The van der Waals surface area contributed by atoms with E-state index >= 15 is 0 Å². The molecule has 0 saturated carbocycles. The van der Waals surface area contributed by atoms with Crippen molar-refractivity contribution in [1.82, 2.24) is 0 Å². The van der Waals surface area contributed by atoms with Crippen molar-refractivity contribution in [3.8, 4) is 0 Å². The average Bonchev–Trinajstić information content (AvgIpc) is 2.28. The summed E-state index contributed by atoms with van der Waals surface area (Å²) < 4.78 is 4.52. The van der Waals surface area contributed by atoms with Gasteiger partial charge in [-0.05, 0) is 13.0 Å². The lowest BCUT2D eigenvalue weighted by atomic mass is 10.0. The van der Waals surface area contributed by atoms with Crippen molar-refractivity contribution in [1.29, 1.82) is 0 Å². The normalized spacial score (nSPS) is 23.3. The number of ether oxygens (including phenoxy) is 1. The quantitative estimate of drug-likeness (QED) is 0.522. The number of allylic oxidation sites excluding steroid dienone is 1. The highest BCUT2D eigenvalue weighted by atomic mass is 16.5. The minimum atomic E-state index is -0.326. The predicted molar refractivity (Wildman–Crippen MR) is 38.9 cm³/mol. The van der Waals surface area contributed by atoms with Gasteiger partial charge in [-0.3, -0.25) is 9.59 Å². The van der Waals surface area contributed by atoms with Crippen LogP contribution in [0, 0.1) is 5.92 Å². The second-order valence-electron chi connectivity index (χ2n) is 2.63. The van der Waals surface area contributed by atoms with E-state index in [0.717, 1.165) is 5.57 Å². The number of methoxy groups -OCH3 is 1. The molecule has 60 valence electrons. The minimum absolute atomic E-state index is 0.0119. The van der Waals surface area contributed by atoms with Gasteiger partial charge in [0.15, 0.2) is 5.78 Å². The van der Waals surface area contributed by atoms with E-state index in [1.807, 2.05) is 0 Å². The summed E-state index contributed by atoms with van der Waals surface area (Å²) in [5.41, 5.74) is 0.807. The van der Waals surface area contributed by atoms with Gasteiger partial charge >= 0.3 is 5.97 Å². The van der Waals surface area contributed by atoms with E-state index in [2.05, 4.69) is 4.74 Å². The summed E-state index contributed by atoms with van der Waals surface area (Å²) in [5, 5.41) is 0. The van der Waals surface area contributed by atoms with E-state index in [1.165, 1.54) is 13.2 Å². The lowest BCUT2D eigenvalue weighted by molar-refractivity contribution is -0.144. The molecule has 0 spiro atoms. The van der Waals surface area contributed by atoms with Gasteiger partial charge in [-0.2, -0.15) is 0 Å². The smallest absolute Gasteiger partial charge is 0.313 e. The molecule has 0 saturated heterocycles. The Morgan fingerprint density at radius 3 is 2.73 bits per heavy atom. The zero-order valence-corrected chi connectivity index (χ0v) is 6.59. The summed E-state index contributed by atoms with van der Waals surface area (Å²) in [4.78, 5) is 21.8. The fourth-order valence-corrected chi connectivity index (χ4v) is 1.19. The Morgan fingerprint density at radius 1 is 1.73 bits per heavy atom. The van der Waals surface area contributed by atoms with Crippen LogP contribution < -0.4 is 0 Å². The molecule has 0 amide bonds. The molecule has 3 heteroatoms. The Bertz CT molecular complexity index is 227. The third-order valence-electron chi connectivity index (χ3n) is 1.83. The highest BCUT2D eigenvalue weighted by molar-refractivity contribution is 5.98. The van der Waals surface area contributed by atoms with Crippen molar-refractivity contribution in [2.45, 2.75) is 13.3 Å². The van der Waals surface area contributed by atoms with Crippen molar-refractivity contribution < 1.29 is 14.3 Å². The van der Waals surface area contributed by atoms with Crippen LogP contribution >= 0.6 is 0 Å². The Kier molecular flexibility index (Phi) is 2.08. The van der Waals surface area contributed by atoms with Crippen LogP contribution in [-0.2, 0) is 14.3 Å². The molecule has 0 bridgehead atoms. The SMILES string of the molecule is COC(=O)[C@@H]1CC(=O)C=C1C. The molecule has 11 heavy (non-hydrogen) atoms. The van der Waals surface area contributed by atoms with Crippen molar-refractivity contribution in [3.05, 3.63) is 11.6 Å². The molecule has 0 aliphatic heterocycles. The van der Waals surface area contributed by atoms with Crippen LogP contribution in [0.25, 0.3) is 0 Å². The van der Waals surface area contributed by atoms with Gasteiger partial charge in [-0.15, -0.1) is 0 Å². The summed E-state index contributed by atoms with van der Waals surface area (Å²) in [6.07, 6.45) is 1.78. The fraction of sp³-hybridized carbons (Fsp3) is 0.500. The van der Waals surface area contributed by atoms with Crippen LogP contribution in [0.2, 0.25) is 0 Å². The molecule has 1 atom stereocenters. The molecule has 1 rings (SSSR count). The summed E-state index contributed by atoms with van der Waals surface area (Å²) >= 11 is 0. The third-order valence-corrected chi connectivity index (χ3v) is 1.83. The Labute approximate surface area is 65.0 Å². The maximum Gasteiger partial charge on any atom is 0.313 e. The number of rotatable bonds is 1. The fourth-order valence-electron chi connectivity index (χ4n) is 1.19. The standard InChI is InChI=1S/C8H10O3/c1-5-3-6(9)4-7(5)8(10)11-2/h3,7H,4H2,1-2H3/t7-/m1/s1. The number of esters is 1. The van der Waals surface area contributed by atoms with E-state index in [-0.39, 0.29) is 24.1 Å². The second-order valence-corrected chi connectivity index (χ2v) is 2.63. The monoisotopic (exact) mass is 154 g/mol. The molecule has 0 aromatic carbocycles. The van der Waals surface area contributed by atoms with Crippen molar-refractivity contribution in [2.75, 3.05) is 7.11 Å². The molecular weight excluding hydrogens is 144 g/mol. The molecular formula is C8H10O3. The van der Waals surface area contributed by atoms with Gasteiger partial charge in [0, 0.05) is 6.42 Å². The molecule has 0 radical (unpaired) electrons. The summed E-state index contributed by atoms with van der Waals surface area (Å²) in [7, 11) is 1.33. The maximum absolute atomic E-state index is 11.0. The number of hydrogen-bond donors (Lipinski definition) is 0. The van der Waals surface area contributed by atoms with E-state index in [1.54, 1.807) is 6.92 Å². The van der Waals surface area contributed by atoms with E-state index in [0.29, 0.717) is 0 Å². The Morgan fingerprint density at radius 2 is 2.36 bits per heavy atom. The summed E-state index contributed by atoms with van der Waals surface area (Å²) in [5.74, 6) is -0.630. The lowest BCUT2D eigenvalue weighted by Crippen LogP contribution is -2.15. The van der Waals surface area contributed by atoms with Crippen LogP contribution in [0.5, 0.6) is 0 Å². The molecule has 0 aromatic rings. The van der Waals surface area contributed by atoms with Crippen molar-refractivity contribution >= 4 is 11.8 Å². The number of carbonyl (C=O) groups is 2. The lowest BCUT2D eigenvalue weighted by Gasteiger charge is -2.06. The van der Waals surface area contributed by atoms with Gasteiger partial charge in [0.25, 0.3) is 0 Å². The molecule has 0 N–H and O–H groups in total. The highest BCUT2D eigenvalue weighted by Crippen LogP contribution is 2.23. The molecule has 0 fully saturated rings. The largest absolute Gasteiger partial charge is 0.469 e. The van der Waals surface area contributed by atoms with Gasteiger partial charge in [-0.25, -0.2) is 0 Å². The number of ketones is 1. The van der Waals surface area contributed by atoms with Crippen LogP contribution in [-0.4, -0.2) is 18.9 Å². The Hall–Kier alpha value is -1.12. The Balaban J connectivity index is 2.71. The number of hydrogen-bond acceptors (Lipinski definition) is 3. The molecule has 1 aliphatic carbocycles. The minimum Gasteiger partial charge on any atom is -0.469 e. The zero-order valence-electron chi connectivity index (χ0n) is 6.59. The van der Waals surface area contributed by atoms with Crippen molar-refractivity contribution in [3.63, 3.8) is 0 Å². The summed E-state index contributed by atoms with van der Waals surface area (Å²) in [6.45, 7) is 1.77. The highest BCUT2D eigenvalue weighted by Gasteiger charge is 2.28. The van der Waals surface area contributed by atoms with E-state index < -0.39 is 0 Å². The first-order chi connectivity index (χ1) is 5.15. The first-order valence-corrected chi connectivity index (χ1v) is 3.44. The van der Waals surface area contributed by atoms with Crippen LogP contribution in [0.15, 0.2) is 11.6 Å². The summed E-state index contributed by atoms with van der Waals surface area (Å²) in [6, 6.07) is 0. The van der Waals surface area contributed by atoms with Gasteiger partial charge in [0.2, 0.25) is 0 Å². The number of carbonyl (C=O) groups excluding carboxylic acids is 2. The van der Waals surface area contributed by atoms with Crippen LogP contribution in [0.4, 0.5) is 0 Å². The third kappa shape index (κ3) is 1.48. The van der Waals surface area contributed by atoms with E-state index in [9.17, 15) is 9.59 Å². The first kappa shape index (κ1) is 7.98. The van der Waals surface area contributed by atoms with Gasteiger partial charge < -0.3 is 4.74 Å². The van der Waals surface area contributed by atoms with Gasteiger partial charge in [0.05, 0.1) is 13.0 Å². The zero-order chi connectivity index (χ0) is 8.43.